The minimum atomic E-state index is -0.973. The number of nitrogens with zero attached hydrogens (tertiary/aromatic N) is 1. The van der Waals surface area contributed by atoms with E-state index in [1.807, 2.05) is 49.4 Å². The number of ketones is 1. The molecule has 0 saturated heterocycles. The van der Waals surface area contributed by atoms with E-state index in [0.717, 1.165) is 22.1 Å². The summed E-state index contributed by atoms with van der Waals surface area (Å²) in [5, 5.41) is 11.4. The number of aromatic nitrogens is 1. The van der Waals surface area contributed by atoms with Crippen LogP contribution in [0.5, 0.6) is 0 Å². The fourth-order valence-electron chi connectivity index (χ4n) is 3.40. The Kier molecular flexibility index (Phi) is 5.29. The van der Waals surface area contributed by atoms with Crippen molar-refractivity contribution in [3.05, 3.63) is 81.8 Å². The lowest BCUT2D eigenvalue weighted by Gasteiger charge is -2.19. The number of aliphatic hydroxyl groups is 1. The van der Waals surface area contributed by atoms with Crippen LogP contribution in [0, 0.1) is 6.92 Å². The maximum absolute atomic E-state index is 12.7. The van der Waals surface area contributed by atoms with Crippen molar-refractivity contribution in [3.63, 3.8) is 0 Å². The molecule has 4 heteroatoms. The maximum atomic E-state index is 12.7. The molecule has 0 saturated carbocycles. The zero-order valence-corrected chi connectivity index (χ0v) is 16.0. The van der Waals surface area contributed by atoms with Crippen molar-refractivity contribution >= 4 is 16.6 Å². The van der Waals surface area contributed by atoms with E-state index in [1.165, 1.54) is 4.57 Å². The zero-order valence-electron chi connectivity index (χ0n) is 16.0. The minimum absolute atomic E-state index is 0.119. The molecule has 1 aromatic heterocycles. The van der Waals surface area contributed by atoms with Gasteiger partial charge in [0.25, 0.3) is 5.56 Å². The molecule has 2 aromatic carbocycles. The number of carbonyl (C=O) groups excluding carboxylic acids is 1. The van der Waals surface area contributed by atoms with Crippen molar-refractivity contribution in [1.82, 2.24) is 4.57 Å². The van der Waals surface area contributed by atoms with Gasteiger partial charge >= 0.3 is 0 Å². The molecule has 3 rings (SSSR count). The quantitative estimate of drug-likeness (QED) is 0.730. The average Bonchev–Trinajstić information content (AvgIpc) is 2.57. The Morgan fingerprint density at radius 2 is 1.78 bits per heavy atom. The molecule has 0 aliphatic heterocycles. The highest BCUT2D eigenvalue weighted by molar-refractivity contribution is 5.91. The van der Waals surface area contributed by atoms with Crippen LogP contribution in [0.15, 0.2) is 59.5 Å². The van der Waals surface area contributed by atoms with E-state index in [-0.39, 0.29) is 17.9 Å². The molecule has 0 atom stereocenters. The van der Waals surface area contributed by atoms with E-state index in [1.54, 1.807) is 26.1 Å². The van der Waals surface area contributed by atoms with Crippen LogP contribution >= 0.6 is 0 Å². The van der Waals surface area contributed by atoms with Crippen LogP contribution in [0.25, 0.3) is 10.8 Å². The molecular weight excluding hydrogens is 338 g/mol. The van der Waals surface area contributed by atoms with E-state index in [4.69, 9.17) is 0 Å². The van der Waals surface area contributed by atoms with Gasteiger partial charge < -0.3 is 9.67 Å². The molecule has 1 heterocycles. The van der Waals surface area contributed by atoms with Crippen LogP contribution in [-0.2, 0) is 24.2 Å². The second kappa shape index (κ2) is 7.49. The van der Waals surface area contributed by atoms with Gasteiger partial charge in [0, 0.05) is 24.4 Å². The van der Waals surface area contributed by atoms with Crippen molar-refractivity contribution in [3.8, 4) is 0 Å². The molecule has 1 N–H and O–H groups in total. The molecule has 0 aliphatic carbocycles. The van der Waals surface area contributed by atoms with Crippen LogP contribution in [0.2, 0.25) is 0 Å². The second-order valence-corrected chi connectivity index (χ2v) is 7.82. The summed E-state index contributed by atoms with van der Waals surface area (Å²) in [6, 6.07) is 15.3. The number of carbonyl (C=O) groups is 1. The number of Topliss-reactive ketones (excluding diaryl/α,β-unsaturated/α-hetero) is 1. The van der Waals surface area contributed by atoms with Crippen molar-refractivity contribution in [1.29, 1.82) is 0 Å². The number of hydrogen-bond donors (Lipinski definition) is 1. The Morgan fingerprint density at radius 3 is 2.48 bits per heavy atom. The predicted octanol–water partition coefficient (Wildman–Crippen LogP) is 3.44. The zero-order chi connectivity index (χ0) is 19.6. The van der Waals surface area contributed by atoms with E-state index in [0.29, 0.717) is 18.2 Å². The summed E-state index contributed by atoms with van der Waals surface area (Å²) in [5.41, 5.74) is 1.88. The van der Waals surface area contributed by atoms with Gasteiger partial charge in [0.2, 0.25) is 0 Å². The van der Waals surface area contributed by atoms with Gasteiger partial charge in [-0.05, 0) is 49.4 Å². The number of aryl methyl sites for hydroxylation is 1. The number of rotatable bonds is 6. The van der Waals surface area contributed by atoms with Crippen LogP contribution in [0.1, 0.15) is 30.5 Å². The summed E-state index contributed by atoms with van der Waals surface area (Å²) in [6.45, 7) is 5.57. The molecule has 0 aliphatic rings. The summed E-state index contributed by atoms with van der Waals surface area (Å²) >= 11 is 0. The molecule has 0 bridgehead atoms. The molecule has 0 radical (unpaired) electrons. The minimum Gasteiger partial charge on any atom is -0.389 e. The Morgan fingerprint density at radius 1 is 1.04 bits per heavy atom. The first-order valence-corrected chi connectivity index (χ1v) is 9.14. The number of hydrogen-bond acceptors (Lipinski definition) is 3. The average molecular weight is 363 g/mol. The van der Waals surface area contributed by atoms with E-state index < -0.39 is 5.60 Å². The fourth-order valence-corrected chi connectivity index (χ4v) is 3.40. The van der Waals surface area contributed by atoms with Gasteiger partial charge in [0.1, 0.15) is 5.78 Å². The Balaban J connectivity index is 1.88. The predicted molar refractivity (Wildman–Crippen MR) is 108 cm³/mol. The van der Waals surface area contributed by atoms with Crippen molar-refractivity contribution in [2.24, 2.45) is 0 Å². The molecule has 0 amide bonds. The van der Waals surface area contributed by atoms with Gasteiger partial charge in [-0.1, -0.05) is 42.0 Å². The van der Waals surface area contributed by atoms with Gasteiger partial charge in [-0.3, -0.25) is 9.59 Å². The van der Waals surface area contributed by atoms with Gasteiger partial charge in [-0.25, -0.2) is 0 Å². The van der Waals surface area contributed by atoms with Gasteiger partial charge in [0.15, 0.2) is 0 Å². The number of pyridine rings is 1. The van der Waals surface area contributed by atoms with E-state index in [9.17, 15) is 14.7 Å². The van der Waals surface area contributed by atoms with E-state index in [2.05, 4.69) is 0 Å². The summed E-state index contributed by atoms with van der Waals surface area (Å²) in [4.78, 5) is 25.3. The summed E-state index contributed by atoms with van der Waals surface area (Å²) in [5.74, 6) is 0.119. The Hall–Kier alpha value is -2.72. The maximum Gasteiger partial charge on any atom is 0.258 e. The first-order chi connectivity index (χ1) is 12.7. The molecule has 0 spiro atoms. The lowest BCUT2D eigenvalue weighted by atomic mass is 9.98. The Bertz CT molecular complexity index is 1040. The highest BCUT2D eigenvalue weighted by Gasteiger charge is 2.16. The molecular formula is C23H25NO3. The first-order valence-electron chi connectivity index (χ1n) is 9.14. The molecule has 3 aromatic rings. The normalized spacial score (nSPS) is 11.7. The largest absolute Gasteiger partial charge is 0.389 e. The molecule has 0 unspecified atom stereocenters. The molecule has 4 nitrogen and oxygen atoms in total. The smallest absolute Gasteiger partial charge is 0.258 e. The third kappa shape index (κ3) is 4.72. The lowest BCUT2D eigenvalue weighted by molar-refractivity contribution is -0.117. The van der Waals surface area contributed by atoms with Crippen molar-refractivity contribution in [2.45, 2.75) is 45.8 Å². The van der Waals surface area contributed by atoms with Crippen LogP contribution < -0.4 is 5.56 Å². The van der Waals surface area contributed by atoms with E-state index >= 15 is 0 Å². The fraction of sp³-hybridized carbons (Fsp3) is 0.304. The van der Waals surface area contributed by atoms with Gasteiger partial charge in [-0.15, -0.1) is 0 Å². The molecule has 0 fully saturated rings. The third-order valence-electron chi connectivity index (χ3n) is 4.54. The summed E-state index contributed by atoms with van der Waals surface area (Å²) in [7, 11) is 0. The van der Waals surface area contributed by atoms with Crippen molar-refractivity contribution < 1.29 is 9.90 Å². The first kappa shape index (κ1) is 19.1. The van der Waals surface area contributed by atoms with Crippen LogP contribution in [0.3, 0.4) is 0 Å². The van der Waals surface area contributed by atoms with Crippen LogP contribution in [-0.4, -0.2) is 21.1 Å². The topological polar surface area (TPSA) is 59.3 Å². The summed E-state index contributed by atoms with van der Waals surface area (Å²) < 4.78 is 1.51. The lowest BCUT2D eigenvalue weighted by Crippen LogP contribution is -2.32. The second-order valence-electron chi connectivity index (χ2n) is 7.82. The Labute approximate surface area is 159 Å². The van der Waals surface area contributed by atoms with Crippen molar-refractivity contribution in [2.75, 3.05) is 0 Å². The highest BCUT2D eigenvalue weighted by Crippen LogP contribution is 2.18. The van der Waals surface area contributed by atoms with Crippen LogP contribution in [0.4, 0.5) is 0 Å². The molecule has 140 valence electrons. The number of fused-ring (bicyclic) bond motifs is 1. The monoisotopic (exact) mass is 363 g/mol. The highest BCUT2D eigenvalue weighted by atomic mass is 16.3. The third-order valence-corrected chi connectivity index (χ3v) is 4.54. The standard InChI is InChI=1S/C23H25NO3/c1-16-6-4-7-17(12-16)13-19(25)14-18-8-5-9-21-20(18)10-11-24(22(21)26)15-23(2,3)27/h4-12,27H,13-15H2,1-3H3. The number of benzene rings is 2. The van der Waals surface area contributed by atoms with Gasteiger partial charge in [0.05, 0.1) is 12.1 Å². The van der Waals surface area contributed by atoms with Gasteiger partial charge in [-0.2, -0.15) is 0 Å². The SMILES string of the molecule is Cc1cccc(CC(=O)Cc2cccc3c(=O)n(CC(C)(C)O)ccc23)c1. The molecule has 27 heavy (non-hydrogen) atoms. The summed E-state index contributed by atoms with van der Waals surface area (Å²) in [6.07, 6.45) is 2.37.